The second kappa shape index (κ2) is 6.45. The fourth-order valence-corrected chi connectivity index (χ4v) is 3.43. The first-order valence-electron chi connectivity index (χ1n) is 6.84. The van der Waals surface area contributed by atoms with Crippen LogP contribution in [-0.4, -0.2) is 30.7 Å². The second-order valence-corrected chi connectivity index (χ2v) is 7.28. The van der Waals surface area contributed by atoms with Gasteiger partial charge in [0.25, 0.3) is 0 Å². The summed E-state index contributed by atoms with van der Waals surface area (Å²) >= 11 is 0. The summed E-state index contributed by atoms with van der Waals surface area (Å²) in [5.74, 6) is -1.56. The zero-order chi connectivity index (χ0) is 16.3. The lowest BCUT2D eigenvalue weighted by Crippen LogP contribution is -2.42. The van der Waals surface area contributed by atoms with Crippen molar-refractivity contribution < 1.29 is 22.8 Å². The van der Waals surface area contributed by atoms with Gasteiger partial charge in [-0.3, -0.25) is 4.79 Å². The van der Waals surface area contributed by atoms with Gasteiger partial charge in [-0.2, -0.15) is 0 Å². The van der Waals surface area contributed by atoms with Crippen molar-refractivity contribution >= 4 is 27.0 Å². The smallest absolute Gasteiger partial charge is 0.321 e. The first-order valence-corrected chi connectivity index (χ1v) is 8.50. The average molecular weight is 326 g/mol. The summed E-state index contributed by atoms with van der Waals surface area (Å²) < 4.78 is 31.6. The van der Waals surface area contributed by atoms with Crippen LogP contribution in [0.15, 0.2) is 28.8 Å². The van der Waals surface area contributed by atoms with E-state index >= 15 is 0 Å². The van der Waals surface area contributed by atoms with E-state index < -0.39 is 27.8 Å². The third-order valence-corrected chi connectivity index (χ3v) is 4.40. The molecule has 0 unspecified atom stereocenters. The predicted molar refractivity (Wildman–Crippen MR) is 80.6 cm³/mol. The quantitative estimate of drug-likeness (QED) is 0.802. The topological polar surface area (TPSA) is 110 Å². The van der Waals surface area contributed by atoms with Crippen molar-refractivity contribution in [2.24, 2.45) is 5.92 Å². The van der Waals surface area contributed by atoms with Crippen LogP contribution in [0.3, 0.4) is 0 Å². The minimum Gasteiger partial charge on any atom is -0.480 e. The van der Waals surface area contributed by atoms with Crippen LogP contribution in [0, 0.1) is 5.92 Å². The lowest BCUT2D eigenvalue weighted by molar-refractivity contribution is -0.139. The van der Waals surface area contributed by atoms with Crippen molar-refractivity contribution in [3.8, 4) is 0 Å². The largest absolute Gasteiger partial charge is 0.480 e. The maximum absolute atomic E-state index is 12.2. The van der Waals surface area contributed by atoms with Crippen molar-refractivity contribution in [3.05, 3.63) is 30.0 Å². The zero-order valence-electron chi connectivity index (χ0n) is 12.3. The summed E-state index contributed by atoms with van der Waals surface area (Å²) in [6, 6.07) is 5.75. The summed E-state index contributed by atoms with van der Waals surface area (Å²) in [6.45, 7) is 3.66. The summed E-state index contributed by atoms with van der Waals surface area (Å²) in [5.41, 5.74) is 0.751. The Kier molecular flexibility index (Phi) is 4.82. The highest BCUT2D eigenvalue weighted by molar-refractivity contribution is 7.88. The van der Waals surface area contributed by atoms with E-state index in [0.717, 1.165) is 0 Å². The van der Waals surface area contributed by atoms with Crippen LogP contribution in [0.25, 0.3) is 11.0 Å². The van der Waals surface area contributed by atoms with Crippen LogP contribution < -0.4 is 4.72 Å². The number of nitrogens with zero attached hydrogens (tertiary/aromatic N) is 1. The lowest BCUT2D eigenvalue weighted by Gasteiger charge is -2.16. The molecular formula is C14H18N2O5S. The highest BCUT2D eigenvalue weighted by Crippen LogP contribution is 2.19. The Hall–Kier alpha value is -1.93. The Labute approximate surface area is 128 Å². The molecule has 1 aromatic carbocycles. The molecule has 22 heavy (non-hydrogen) atoms. The SMILES string of the molecule is CC(C)C[C@@H](NS(=O)(=O)Cc1noc2ccccc12)C(=O)O. The first kappa shape index (κ1) is 16.4. The molecule has 0 bridgehead atoms. The van der Waals surface area contributed by atoms with E-state index in [0.29, 0.717) is 11.0 Å². The van der Waals surface area contributed by atoms with Gasteiger partial charge in [0, 0.05) is 5.39 Å². The number of aromatic nitrogens is 1. The molecule has 0 saturated carbocycles. The number of benzene rings is 1. The van der Waals surface area contributed by atoms with Gasteiger partial charge in [0.1, 0.15) is 17.5 Å². The second-order valence-electron chi connectivity index (χ2n) is 5.52. The van der Waals surface area contributed by atoms with Gasteiger partial charge in [-0.05, 0) is 24.5 Å². The highest BCUT2D eigenvalue weighted by Gasteiger charge is 2.26. The van der Waals surface area contributed by atoms with Crippen molar-refractivity contribution in [3.63, 3.8) is 0 Å². The van der Waals surface area contributed by atoms with E-state index in [1.165, 1.54) is 0 Å². The van der Waals surface area contributed by atoms with Gasteiger partial charge in [0.15, 0.2) is 5.58 Å². The Morgan fingerprint density at radius 3 is 2.68 bits per heavy atom. The number of carbonyl (C=O) groups is 1. The molecule has 1 aromatic heterocycles. The molecule has 0 spiro atoms. The van der Waals surface area contributed by atoms with Crippen LogP contribution in [0.1, 0.15) is 26.0 Å². The molecule has 120 valence electrons. The third-order valence-electron chi connectivity index (χ3n) is 3.11. The van der Waals surface area contributed by atoms with Gasteiger partial charge in [-0.1, -0.05) is 31.1 Å². The number of hydrogen-bond donors (Lipinski definition) is 2. The molecule has 0 fully saturated rings. The molecule has 0 saturated heterocycles. The van der Waals surface area contributed by atoms with Crippen LogP contribution >= 0.6 is 0 Å². The standard InChI is InChI=1S/C14H18N2O5S/c1-9(2)7-11(14(17)18)16-22(19,20)8-12-10-5-3-4-6-13(10)21-15-12/h3-6,9,11,16H,7-8H2,1-2H3,(H,17,18)/t11-/m1/s1. The van der Waals surface area contributed by atoms with E-state index in [1.54, 1.807) is 24.3 Å². The molecule has 0 aliphatic carbocycles. The molecular weight excluding hydrogens is 308 g/mol. The van der Waals surface area contributed by atoms with E-state index in [9.17, 15) is 13.2 Å². The molecule has 0 radical (unpaired) electrons. The van der Waals surface area contributed by atoms with Crippen LogP contribution in [-0.2, 0) is 20.6 Å². The van der Waals surface area contributed by atoms with Crippen molar-refractivity contribution in [1.29, 1.82) is 0 Å². The Balaban J connectivity index is 2.18. The molecule has 0 aliphatic heterocycles. The molecule has 1 atom stereocenters. The number of rotatable bonds is 7. The fourth-order valence-electron chi connectivity index (χ4n) is 2.15. The lowest BCUT2D eigenvalue weighted by atomic mass is 10.1. The van der Waals surface area contributed by atoms with Crippen LogP contribution in [0.5, 0.6) is 0 Å². The number of carboxylic acids is 1. The Morgan fingerprint density at radius 2 is 2.05 bits per heavy atom. The Morgan fingerprint density at radius 1 is 1.36 bits per heavy atom. The monoisotopic (exact) mass is 326 g/mol. The molecule has 8 heteroatoms. The zero-order valence-corrected chi connectivity index (χ0v) is 13.1. The van der Waals surface area contributed by atoms with Crippen molar-refractivity contribution in [2.75, 3.05) is 0 Å². The molecule has 2 aromatic rings. The third kappa shape index (κ3) is 4.05. The molecule has 0 aliphatic rings. The van der Waals surface area contributed by atoms with Gasteiger partial charge in [-0.15, -0.1) is 0 Å². The van der Waals surface area contributed by atoms with Crippen LogP contribution in [0.4, 0.5) is 0 Å². The molecule has 7 nitrogen and oxygen atoms in total. The van der Waals surface area contributed by atoms with Crippen molar-refractivity contribution in [2.45, 2.75) is 32.1 Å². The molecule has 2 N–H and O–H groups in total. The van der Waals surface area contributed by atoms with Gasteiger partial charge >= 0.3 is 5.97 Å². The minimum absolute atomic E-state index is 0.0525. The van der Waals surface area contributed by atoms with Crippen molar-refractivity contribution in [1.82, 2.24) is 9.88 Å². The van der Waals surface area contributed by atoms with Gasteiger partial charge < -0.3 is 9.63 Å². The van der Waals surface area contributed by atoms with E-state index in [4.69, 9.17) is 9.63 Å². The summed E-state index contributed by atoms with van der Waals surface area (Å²) in [6.07, 6.45) is 0.216. The highest BCUT2D eigenvalue weighted by atomic mass is 32.2. The number of nitrogens with one attached hydrogen (secondary N) is 1. The van der Waals surface area contributed by atoms with Gasteiger partial charge in [0.05, 0.1) is 0 Å². The van der Waals surface area contributed by atoms with Crippen LogP contribution in [0.2, 0.25) is 0 Å². The maximum atomic E-state index is 12.2. The Bertz CT molecular complexity index is 766. The van der Waals surface area contributed by atoms with E-state index in [2.05, 4.69) is 9.88 Å². The molecule has 1 heterocycles. The first-order chi connectivity index (χ1) is 10.3. The van der Waals surface area contributed by atoms with Gasteiger partial charge in [0.2, 0.25) is 10.0 Å². The summed E-state index contributed by atoms with van der Waals surface area (Å²) in [7, 11) is -3.84. The normalized spacial score (nSPS) is 13.6. The van der Waals surface area contributed by atoms with Gasteiger partial charge in [-0.25, -0.2) is 13.1 Å². The number of para-hydroxylation sites is 1. The number of sulfonamides is 1. The molecule has 0 amide bonds. The number of carboxylic acid groups (broad SMARTS) is 1. The van der Waals surface area contributed by atoms with E-state index in [-0.39, 0.29) is 18.0 Å². The molecule has 2 rings (SSSR count). The number of hydrogen-bond acceptors (Lipinski definition) is 5. The predicted octanol–water partition coefficient (Wildman–Crippen LogP) is 1.75. The van der Waals surface area contributed by atoms with E-state index in [1.807, 2.05) is 13.8 Å². The minimum atomic E-state index is -3.84. The average Bonchev–Trinajstić information content (AvgIpc) is 2.80. The summed E-state index contributed by atoms with van der Waals surface area (Å²) in [4.78, 5) is 11.2. The number of aliphatic carboxylic acids is 1. The maximum Gasteiger partial charge on any atom is 0.321 e. The number of fused-ring (bicyclic) bond motifs is 1. The fraction of sp³-hybridized carbons (Fsp3) is 0.429. The summed E-state index contributed by atoms with van der Waals surface area (Å²) in [5, 5.41) is 13.5.